The van der Waals surface area contributed by atoms with Crippen LogP contribution in [0.2, 0.25) is 0 Å². The average Bonchev–Trinajstić information content (AvgIpc) is 2.46. The van der Waals surface area contributed by atoms with Gasteiger partial charge in [0.15, 0.2) is 0 Å². The molecule has 2 aromatic rings. The Morgan fingerprint density at radius 3 is 2.70 bits per heavy atom. The van der Waals surface area contributed by atoms with Gasteiger partial charge >= 0.3 is 0 Å². The van der Waals surface area contributed by atoms with Crippen LogP contribution in [0.5, 0.6) is 0 Å². The summed E-state index contributed by atoms with van der Waals surface area (Å²) in [5.41, 5.74) is 1.34. The van der Waals surface area contributed by atoms with Crippen LogP contribution in [0.1, 0.15) is 12.6 Å². The van der Waals surface area contributed by atoms with Gasteiger partial charge in [-0.15, -0.1) is 0 Å². The van der Waals surface area contributed by atoms with Crippen LogP contribution in [-0.2, 0) is 16.6 Å². The number of hydrogen-bond acceptors (Lipinski definition) is 5. The number of aromatic nitrogens is 2. The molecule has 20 heavy (non-hydrogen) atoms. The largest absolute Gasteiger partial charge is 0.378 e. The molecule has 2 N–H and O–H groups in total. The number of sulfonamides is 1. The maximum absolute atomic E-state index is 12.1. The first-order valence-electron chi connectivity index (χ1n) is 6.21. The molecule has 0 saturated heterocycles. The highest BCUT2D eigenvalue weighted by atomic mass is 32.2. The number of hydrogen-bond donors (Lipinski definition) is 2. The number of nitrogens with zero attached hydrogens (tertiary/aromatic N) is 2. The molecule has 2 rings (SSSR count). The predicted molar refractivity (Wildman–Crippen MR) is 76.7 cm³/mol. The smallest absolute Gasteiger partial charge is 0.242 e. The molecule has 1 aromatic carbocycles. The van der Waals surface area contributed by atoms with Gasteiger partial charge in [0.1, 0.15) is 11.2 Å². The van der Waals surface area contributed by atoms with Crippen molar-refractivity contribution in [1.29, 1.82) is 0 Å². The number of para-hydroxylation sites is 1. The third kappa shape index (κ3) is 3.52. The fourth-order valence-corrected chi connectivity index (χ4v) is 2.95. The van der Waals surface area contributed by atoms with Gasteiger partial charge in [-0.3, -0.25) is 0 Å². The molecule has 0 fully saturated rings. The number of anilines is 1. The Morgan fingerprint density at radius 1 is 1.20 bits per heavy atom. The van der Waals surface area contributed by atoms with E-state index in [0.29, 0.717) is 18.8 Å². The minimum Gasteiger partial charge on any atom is -0.378 e. The molecule has 0 aliphatic carbocycles. The van der Waals surface area contributed by atoms with Crippen molar-refractivity contribution in [2.75, 3.05) is 11.9 Å². The molecule has 1 aromatic heterocycles. The Morgan fingerprint density at radius 2 is 2.00 bits per heavy atom. The Labute approximate surface area is 118 Å². The van der Waals surface area contributed by atoms with Crippen molar-refractivity contribution in [3.8, 4) is 0 Å². The quantitative estimate of drug-likeness (QED) is 0.840. The van der Waals surface area contributed by atoms with Gasteiger partial charge in [0, 0.05) is 12.7 Å². The van der Waals surface area contributed by atoms with Crippen LogP contribution in [0.3, 0.4) is 0 Å². The highest BCUT2D eigenvalue weighted by Crippen LogP contribution is 2.20. The summed E-state index contributed by atoms with van der Waals surface area (Å²) in [6.45, 7) is 2.53. The van der Waals surface area contributed by atoms with Crippen molar-refractivity contribution in [3.05, 3.63) is 48.5 Å². The number of rotatable bonds is 6. The standard InChI is InChI=1S/C13H16N4O2S/c1-2-17-20(18,19)13-6-4-3-5-12(13)15-9-11-7-8-14-10-16-11/h3-8,10,15,17H,2,9H2,1H3. The normalized spacial score (nSPS) is 11.2. The van der Waals surface area contributed by atoms with Gasteiger partial charge in [-0.1, -0.05) is 19.1 Å². The molecule has 0 unspecified atom stereocenters. The van der Waals surface area contributed by atoms with Crippen LogP contribution in [0, 0.1) is 0 Å². The number of nitrogens with one attached hydrogen (secondary N) is 2. The van der Waals surface area contributed by atoms with E-state index < -0.39 is 10.0 Å². The molecule has 0 aliphatic rings. The van der Waals surface area contributed by atoms with E-state index in [2.05, 4.69) is 20.0 Å². The van der Waals surface area contributed by atoms with Gasteiger partial charge in [0.05, 0.1) is 17.9 Å². The average molecular weight is 292 g/mol. The Hall–Kier alpha value is -1.99. The fraction of sp³-hybridized carbons (Fsp3) is 0.231. The van der Waals surface area contributed by atoms with Gasteiger partial charge in [-0.05, 0) is 18.2 Å². The second kappa shape index (κ2) is 6.44. The first-order chi connectivity index (χ1) is 9.63. The maximum Gasteiger partial charge on any atom is 0.242 e. The zero-order chi connectivity index (χ0) is 14.4. The highest BCUT2D eigenvalue weighted by molar-refractivity contribution is 7.89. The van der Waals surface area contributed by atoms with E-state index in [-0.39, 0.29) is 4.90 Å². The van der Waals surface area contributed by atoms with E-state index in [1.807, 2.05) is 0 Å². The summed E-state index contributed by atoms with van der Waals surface area (Å²) in [5, 5.41) is 3.08. The first kappa shape index (κ1) is 14.4. The second-order valence-electron chi connectivity index (χ2n) is 4.05. The van der Waals surface area contributed by atoms with Crippen LogP contribution < -0.4 is 10.0 Å². The van der Waals surface area contributed by atoms with E-state index in [4.69, 9.17) is 0 Å². The Kier molecular flexibility index (Phi) is 4.65. The third-order valence-corrected chi connectivity index (χ3v) is 4.22. The van der Waals surface area contributed by atoms with Gasteiger partial charge in [0.2, 0.25) is 10.0 Å². The van der Waals surface area contributed by atoms with Gasteiger partial charge in [-0.2, -0.15) is 0 Å². The summed E-state index contributed by atoms with van der Waals surface area (Å²) < 4.78 is 26.7. The van der Waals surface area contributed by atoms with Crippen molar-refractivity contribution in [1.82, 2.24) is 14.7 Å². The van der Waals surface area contributed by atoms with Crippen LogP contribution in [0.4, 0.5) is 5.69 Å². The van der Waals surface area contributed by atoms with Crippen LogP contribution in [0.25, 0.3) is 0 Å². The van der Waals surface area contributed by atoms with E-state index in [0.717, 1.165) is 5.69 Å². The lowest BCUT2D eigenvalue weighted by molar-refractivity contribution is 0.584. The first-order valence-corrected chi connectivity index (χ1v) is 7.69. The minimum atomic E-state index is -3.49. The zero-order valence-electron chi connectivity index (χ0n) is 11.1. The molecule has 6 nitrogen and oxygen atoms in total. The number of benzene rings is 1. The molecular weight excluding hydrogens is 276 g/mol. The zero-order valence-corrected chi connectivity index (χ0v) is 11.9. The maximum atomic E-state index is 12.1. The second-order valence-corrected chi connectivity index (χ2v) is 5.79. The molecule has 0 aliphatic heterocycles. The lowest BCUT2D eigenvalue weighted by atomic mass is 10.3. The van der Waals surface area contributed by atoms with Crippen molar-refractivity contribution in [2.45, 2.75) is 18.4 Å². The molecule has 0 spiro atoms. The van der Waals surface area contributed by atoms with Crippen LogP contribution in [-0.4, -0.2) is 24.9 Å². The van der Waals surface area contributed by atoms with Crippen molar-refractivity contribution < 1.29 is 8.42 Å². The van der Waals surface area contributed by atoms with E-state index in [1.54, 1.807) is 43.5 Å². The Balaban J connectivity index is 2.21. The van der Waals surface area contributed by atoms with Gasteiger partial charge in [0.25, 0.3) is 0 Å². The van der Waals surface area contributed by atoms with Crippen molar-refractivity contribution in [3.63, 3.8) is 0 Å². The van der Waals surface area contributed by atoms with Crippen molar-refractivity contribution in [2.24, 2.45) is 0 Å². The molecule has 0 amide bonds. The SMILES string of the molecule is CCNS(=O)(=O)c1ccccc1NCc1ccncn1. The highest BCUT2D eigenvalue weighted by Gasteiger charge is 2.16. The van der Waals surface area contributed by atoms with Gasteiger partial charge in [-0.25, -0.2) is 23.1 Å². The predicted octanol–water partition coefficient (Wildman–Crippen LogP) is 1.39. The molecule has 0 bridgehead atoms. The molecular formula is C13H16N4O2S. The summed E-state index contributed by atoms with van der Waals surface area (Å²) in [5.74, 6) is 0. The fourth-order valence-electron chi connectivity index (χ4n) is 1.72. The molecule has 0 radical (unpaired) electrons. The van der Waals surface area contributed by atoms with E-state index in [9.17, 15) is 8.42 Å². The monoisotopic (exact) mass is 292 g/mol. The minimum absolute atomic E-state index is 0.232. The Bertz CT molecular complexity index is 659. The summed E-state index contributed by atoms with van der Waals surface area (Å²) in [6.07, 6.45) is 3.10. The molecule has 0 atom stereocenters. The molecule has 1 heterocycles. The van der Waals surface area contributed by atoms with Crippen LogP contribution >= 0.6 is 0 Å². The van der Waals surface area contributed by atoms with Crippen LogP contribution in [0.15, 0.2) is 47.8 Å². The lowest BCUT2D eigenvalue weighted by Gasteiger charge is -2.12. The summed E-state index contributed by atoms with van der Waals surface area (Å²) in [7, 11) is -3.49. The third-order valence-electron chi connectivity index (χ3n) is 2.61. The summed E-state index contributed by atoms with van der Waals surface area (Å²) >= 11 is 0. The topological polar surface area (TPSA) is 84.0 Å². The molecule has 106 valence electrons. The van der Waals surface area contributed by atoms with E-state index >= 15 is 0 Å². The van der Waals surface area contributed by atoms with Gasteiger partial charge < -0.3 is 5.32 Å². The molecule has 7 heteroatoms. The summed E-state index contributed by atoms with van der Waals surface area (Å²) in [4.78, 5) is 8.15. The van der Waals surface area contributed by atoms with Crippen molar-refractivity contribution >= 4 is 15.7 Å². The molecule has 0 saturated carbocycles. The lowest BCUT2D eigenvalue weighted by Crippen LogP contribution is -2.24. The van der Waals surface area contributed by atoms with E-state index in [1.165, 1.54) is 6.33 Å². The summed E-state index contributed by atoms with van der Waals surface area (Å²) in [6, 6.07) is 8.55.